The number of fused-ring (bicyclic) bond motifs is 1. The van der Waals surface area contributed by atoms with Crippen molar-refractivity contribution in [3.63, 3.8) is 0 Å². The monoisotopic (exact) mass is 263 g/mol. The first-order valence-corrected chi connectivity index (χ1v) is 7.03. The van der Waals surface area contributed by atoms with Crippen LogP contribution in [0.1, 0.15) is 25.0 Å². The van der Waals surface area contributed by atoms with Gasteiger partial charge >= 0.3 is 0 Å². The molecule has 1 aromatic heterocycles. The van der Waals surface area contributed by atoms with Crippen molar-refractivity contribution in [3.05, 3.63) is 24.2 Å². The van der Waals surface area contributed by atoms with Gasteiger partial charge in [-0.25, -0.2) is 0 Å². The lowest BCUT2D eigenvalue weighted by molar-refractivity contribution is -0.130. The minimum absolute atomic E-state index is 0.180. The molecule has 0 N–H and O–H groups in total. The zero-order valence-corrected chi connectivity index (χ0v) is 11.4. The summed E-state index contributed by atoms with van der Waals surface area (Å²) in [5.74, 6) is 1.55. The Labute approximate surface area is 113 Å². The van der Waals surface area contributed by atoms with E-state index in [0.717, 1.165) is 25.5 Å². The maximum absolute atomic E-state index is 12.3. The summed E-state index contributed by atoms with van der Waals surface area (Å²) in [7, 11) is 1.76. The molecular weight excluding hydrogens is 242 g/mol. The van der Waals surface area contributed by atoms with Crippen LogP contribution in [-0.4, -0.2) is 37.6 Å². The molecular formula is C15H21NO3. The van der Waals surface area contributed by atoms with Crippen molar-refractivity contribution in [3.8, 4) is 0 Å². The third-order valence-electron chi connectivity index (χ3n) is 4.73. The van der Waals surface area contributed by atoms with E-state index in [2.05, 4.69) is 0 Å². The number of methoxy groups -OCH3 is 1. The van der Waals surface area contributed by atoms with Crippen LogP contribution in [0, 0.1) is 11.3 Å². The van der Waals surface area contributed by atoms with Crippen molar-refractivity contribution >= 4 is 5.91 Å². The lowest BCUT2D eigenvalue weighted by Crippen LogP contribution is -2.35. The molecule has 2 fully saturated rings. The summed E-state index contributed by atoms with van der Waals surface area (Å²) < 4.78 is 10.7. The van der Waals surface area contributed by atoms with E-state index in [-0.39, 0.29) is 11.3 Å². The summed E-state index contributed by atoms with van der Waals surface area (Å²) in [4.78, 5) is 14.3. The van der Waals surface area contributed by atoms with E-state index in [0.29, 0.717) is 12.3 Å². The Morgan fingerprint density at radius 1 is 1.63 bits per heavy atom. The number of carbonyl (C=O) groups excluding carboxylic acids is 1. The Hall–Kier alpha value is -1.29. The van der Waals surface area contributed by atoms with Crippen LogP contribution in [0.4, 0.5) is 0 Å². The minimum Gasteiger partial charge on any atom is -0.469 e. The molecule has 0 unspecified atom stereocenters. The summed E-state index contributed by atoms with van der Waals surface area (Å²) >= 11 is 0. The van der Waals surface area contributed by atoms with Crippen LogP contribution >= 0.6 is 0 Å². The van der Waals surface area contributed by atoms with Crippen LogP contribution in [0.25, 0.3) is 0 Å². The second-order valence-electron chi connectivity index (χ2n) is 5.91. The first kappa shape index (κ1) is 12.7. The molecule has 4 heteroatoms. The molecule has 2 heterocycles. The third-order valence-corrected chi connectivity index (χ3v) is 4.73. The smallest absolute Gasteiger partial charge is 0.230 e. The molecule has 4 nitrogen and oxygen atoms in total. The van der Waals surface area contributed by atoms with Gasteiger partial charge in [-0.15, -0.1) is 0 Å². The van der Waals surface area contributed by atoms with Crippen LogP contribution in [0.5, 0.6) is 0 Å². The summed E-state index contributed by atoms with van der Waals surface area (Å²) in [6.45, 7) is 2.52. The number of rotatable bonds is 4. The fraction of sp³-hybridized carbons (Fsp3) is 0.667. The molecule has 19 heavy (non-hydrogen) atoms. The van der Waals surface area contributed by atoms with Gasteiger partial charge < -0.3 is 14.1 Å². The second kappa shape index (κ2) is 5.00. The van der Waals surface area contributed by atoms with Crippen molar-refractivity contribution in [1.29, 1.82) is 0 Å². The lowest BCUT2D eigenvalue weighted by atomic mass is 9.82. The lowest BCUT2D eigenvalue weighted by Gasteiger charge is -2.27. The zero-order valence-electron chi connectivity index (χ0n) is 11.4. The number of likely N-dealkylation sites (tertiary alicyclic amines) is 1. The van der Waals surface area contributed by atoms with Gasteiger partial charge in [-0.2, -0.15) is 0 Å². The second-order valence-corrected chi connectivity index (χ2v) is 5.91. The average molecular weight is 263 g/mol. The predicted molar refractivity (Wildman–Crippen MR) is 70.6 cm³/mol. The highest BCUT2D eigenvalue weighted by Gasteiger charge is 2.50. The van der Waals surface area contributed by atoms with Crippen LogP contribution in [-0.2, 0) is 16.0 Å². The Morgan fingerprint density at radius 2 is 2.53 bits per heavy atom. The first-order chi connectivity index (χ1) is 9.23. The van der Waals surface area contributed by atoms with Crippen molar-refractivity contribution in [2.24, 2.45) is 11.3 Å². The number of hydrogen-bond acceptors (Lipinski definition) is 3. The summed E-state index contributed by atoms with van der Waals surface area (Å²) in [6, 6.07) is 3.69. The molecule has 0 bridgehead atoms. The van der Waals surface area contributed by atoms with Gasteiger partial charge in [0.25, 0.3) is 0 Å². The van der Waals surface area contributed by atoms with Crippen LogP contribution in [0.3, 0.4) is 0 Å². The number of amides is 1. The molecule has 1 amide bonds. The van der Waals surface area contributed by atoms with E-state index in [1.165, 1.54) is 19.3 Å². The predicted octanol–water partition coefficient (Wildman–Crippen LogP) is 2.10. The number of hydrogen-bond donors (Lipinski definition) is 0. The normalized spacial score (nSPS) is 29.7. The van der Waals surface area contributed by atoms with E-state index < -0.39 is 0 Å². The SMILES string of the molecule is COC[C@]12CCC[C@H]1CN(C(=O)Cc1ccco1)C2. The Bertz CT molecular complexity index is 442. The molecule has 2 atom stereocenters. The molecule has 1 aliphatic carbocycles. The van der Waals surface area contributed by atoms with Crippen molar-refractivity contribution < 1.29 is 13.9 Å². The fourth-order valence-electron chi connectivity index (χ4n) is 3.80. The van der Waals surface area contributed by atoms with Gasteiger partial charge in [0.15, 0.2) is 0 Å². The third kappa shape index (κ3) is 2.29. The molecule has 104 valence electrons. The maximum atomic E-state index is 12.3. The van der Waals surface area contributed by atoms with Gasteiger partial charge in [-0.3, -0.25) is 4.79 Å². The van der Waals surface area contributed by atoms with Gasteiger partial charge in [-0.05, 0) is 30.9 Å². The van der Waals surface area contributed by atoms with E-state index >= 15 is 0 Å². The molecule has 0 radical (unpaired) electrons. The van der Waals surface area contributed by atoms with E-state index in [1.54, 1.807) is 13.4 Å². The molecule has 1 aliphatic heterocycles. The molecule has 0 aromatic carbocycles. The average Bonchev–Trinajstić information content (AvgIpc) is 3.03. The first-order valence-electron chi connectivity index (χ1n) is 7.03. The van der Waals surface area contributed by atoms with Gasteiger partial charge in [0.05, 0.1) is 19.3 Å². The fourth-order valence-corrected chi connectivity index (χ4v) is 3.80. The summed E-state index contributed by atoms with van der Waals surface area (Å²) in [5.41, 5.74) is 0.216. The van der Waals surface area contributed by atoms with Crippen LogP contribution in [0.2, 0.25) is 0 Å². The Morgan fingerprint density at radius 3 is 3.26 bits per heavy atom. The van der Waals surface area contributed by atoms with Crippen molar-refractivity contribution in [2.75, 3.05) is 26.8 Å². The number of nitrogens with zero attached hydrogens (tertiary/aromatic N) is 1. The number of carbonyl (C=O) groups is 1. The summed E-state index contributed by atoms with van der Waals surface area (Å²) in [5, 5.41) is 0. The van der Waals surface area contributed by atoms with Crippen molar-refractivity contribution in [1.82, 2.24) is 4.90 Å². The van der Waals surface area contributed by atoms with Gasteiger partial charge in [0, 0.05) is 25.6 Å². The Kier molecular flexibility index (Phi) is 3.35. The molecule has 3 rings (SSSR count). The molecule has 0 spiro atoms. The highest BCUT2D eigenvalue weighted by Crippen LogP contribution is 2.48. The van der Waals surface area contributed by atoms with Crippen LogP contribution in [0.15, 0.2) is 22.8 Å². The molecule has 1 aromatic rings. The zero-order chi connectivity index (χ0) is 13.3. The van der Waals surface area contributed by atoms with E-state index in [9.17, 15) is 4.79 Å². The van der Waals surface area contributed by atoms with Crippen molar-refractivity contribution in [2.45, 2.75) is 25.7 Å². The quantitative estimate of drug-likeness (QED) is 0.835. The maximum Gasteiger partial charge on any atom is 0.230 e. The van der Waals surface area contributed by atoms with Crippen LogP contribution < -0.4 is 0 Å². The molecule has 2 aliphatic rings. The highest BCUT2D eigenvalue weighted by molar-refractivity contribution is 5.78. The highest BCUT2D eigenvalue weighted by atomic mass is 16.5. The Balaban J connectivity index is 1.66. The molecule has 1 saturated heterocycles. The minimum atomic E-state index is 0.180. The number of furan rings is 1. The topological polar surface area (TPSA) is 42.7 Å². The number of ether oxygens (including phenoxy) is 1. The summed E-state index contributed by atoms with van der Waals surface area (Å²) in [6.07, 6.45) is 5.69. The van der Waals surface area contributed by atoms with E-state index in [4.69, 9.17) is 9.15 Å². The molecule has 1 saturated carbocycles. The van der Waals surface area contributed by atoms with Gasteiger partial charge in [-0.1, -0.05) is 6.42 Å². The van der Waals surface area contributed by atoms with Gasteiger partial charge in [0.2, 0.25) is 5.91 Å². The largest absolute Gasteiger partial charge is 0.469 e. The standard InChI is InChI=1S/C15H21NO3/c1-18-11-15-6-2-4-12(15)9-16(10-15)14(17)8-13-5-3-7-19-13/h3,5,7,12H,2,4,6,8-11H2,1H3/t12-,15+/m0/s1. The van der Waals surface area contributed by atoms with E-state index in [1.807, 2.05) is 17.0 Å². The van der Waals surface area contributed by atoms with Gasteiger partial charge in [0.1, 0.15) is 5.76 Å².